The van der Waals surface area contributed by atoms with Crippen LogP contribution in [-0.4, -0.2) is 24.8 Å². The van der Waals surface area contributed by atoms with Crippen molar-refractivity contribution in [2.45, 2.75) is 6.42 Å². The number of carbonyl (C=O) groups is 2. The largest absolute Gasteiger partial charge is 0.351 e. The minimum absolute atomic E-state index is 0.0235. The second kappa shape index (κ2) is 4.57. The molecule has 13 heavy (non-hydrogen) atoms. The lowest BCUT2D eigenvalue weighted by atomic mass is 10.1. The summed E-state index contributed by atoms with van der Waals surface area (Å²) in [6.45, 7) is 0.875. The third-order valence-electron chi connectivity index (χ3n) is 1.66. The number of carbonyl (C=O) groups excluding carboxylic acids is 2. The predicted molar refractivity (Wildman–Crippen MR) is 48.9 cm³/mol. The lowest BCUT2D eigenvalue weighted by molar-refractivity contribution is -0.117. The number of amides is 1. The molecule has 0 aromatic heterocycles. The molecule has 0 unspecified atom stereocenters. The van der Waals surface area contributed by atoms with Crippen molar-refractivity contribution >= 4 is 11.7 Å². The maximum atomic E-state index is 11.3. The zero-order chi connectivity index (χ0) is 9.68. The minimum Gasteiger partial charge on any atom is -0.351 e. The zero-order valence-corrected chi connectivity index (χ0v) is 7.25. The van der Waals surface area contributed by atoms with Crippen LogP contribution in [0.1, 0.15) is 6.42 Å². The number of hydrogen-bond donors (Lipinski definition) is 2. The molecular weight excluding hydrogens is 168 g/mol. The van der Waals surface area contributed by atoms with Crippen molar-refractivity contribution < 1.29 is 9.59 Å². The molecule has 0 radical (unpaired) electrons. The number of allylic oxidation sites excluding steroid dienone is 2. The van der Waals surface area contributed by atoms with Gasteiger partial charge in [-0.2, -0.15) is 0 Å². The maximum Gasteiger partial charge on any atom is 0.251 e. The fraction of sp³-hybridized carbons (Fsp3) is 0.333. The van der Waals surface area contributed by atoms with Crippen LogP contribution in [0.15, 0.2) is 23.8 Å². The van der Waals surface area contributed by atoms with Gasteiger partial charge in [0.2, 0.25) is 0 Å². The highest BCUT2D eigenvalue weighted by atomic mass is 16.1. The molecule has 1 aliphatic rings. The lowest BCUT2D eigenvalue weighted by Gasteiger charge is -2.06. The fourth-order valence-corrected chi connectivity index (χ4v) is 0.986. The zero-order valence-electron chi connectivity index (χ0n) is 7.25. The van der Waals surface area contributed by atoms with Gasteiger partial charge in [0.1, 0.15) is 0 Å². The summed E-state index contributed by atoms with van der Waals surface area (Å²) < 4.78 is 0. The molecule has 0 aromatic carbocycles. The SMILES string of the molecule is NCCNC(=O)C1=CCC(=O)C=C1. The summed E-state index contributed by atoms with van der Waals surface area (Å²) in [5, 5.41) is 2.62. The number of nitrogens with two attached hydrogens (primary N) is 1. The molecule has 0 aliphatic heterocycles. The molecule has 0 saturated heterocycles. The van der Waals surface area contributed by atoms with Gasteiger partial charge in [-0.1, -0.05) is 6.08 Å². The molecule has 1 amide bonds. The molecule has 3 N–H and O–H groups in total. The topological polar surface area (TPSA) is 72.2 Å². The van der Waals surface area contributed by atoms with Crippen molar-refractivity contribution in [3.63, 3.8) is 0 Å². The Morgan fingerprint density at radius 2 is 2.31 bits per heavy atom. The van der Waals surface area contributed by atoms with Crippen LogP contribution in [0.3, 0.4) is 0 Å². The van der Waals surface area contributed by atoms with E-state index in [9.17, 15) is 9.59 Å². The van der Waals surface area contributed by atoms with Gasteiger partial charge in [0.05, 0.1) is 0 Å². The smallest absolute Gasteiger partial charge is 0.251 e. The van der Waals surface area contributed by atoms with Crippen LogP contribution in [0.2, 0.25) is 0 Å². The van der Waals surface area contributed by atoms with Crippen LogP contribution in [0, 0.1) is 0 Å². The first-order chi connectivity index (χ1) is 6.24. The average Bonchev–Trinajstić information content (AvgIpc) is 2.15. The summed E-state index contributed by atoms with van der Waals surface area (Å²) in [7, 11) is 0. The van der Waals surface area contributed by atoms with Gasteiger partial charge < -0.3 is 11.1 Å². The Hall–Kier alpha value is -1.42. The molecule has 0 atom stereocenters. The third-order valence-corrected chi connectivity index (χ3v) is 1.66. The van der Waals surface area contributed by atoms with E-state index in [1.807, 2.05) is 0 Å². The van der Waals surface area contributed by atoms with E-state index in [-0.39, 0.29) is 11.7 Å². The normalized spacial score (nSPS) is 15.5. The molecule has 0 spiro atoms. The minimum atomic E-state index is -0.172. The van der Waals surface area contributed by atoms with E-state index < -0.39 is 0 Å². The number of nitrogens with one attached hydrogen (secondary N) is 1. The Balaban J connectivity index is 2.49. The quantitative estimate of drug-likeness (QED) is 0.616. The number of ketones is 1. The van der Waals surface area contributed by atoms with Crippen LogP contribution >= 0.6 is 0 Å². The first-order valence-corrected chi connectivity index (χ1v) is 4.13. The van der Waals surface area contributed by atoms with Crippen molar-refractivity contribution in [2.24, 2.45) is 5.73 Å². The second-order valence-electron chi connectivity index (χ2n) is 2.71. The van der Waals surface area contributed by atoms with Gasteiger partial charge in [-0.25, -0.2) is 0 Å². The van der Waals surface area contributed by atoms with Gasteiger partial charge >= 0.3 is 0 Å². The summed E-state index contributed by atoms with van der Waals surface area (Å²) in [4.78, 5) is 22.0. The molecule has 4 heteroatoms. The van der Waals surface area contributed by atoms with Gasteiger partial charge in [-0.05, 0) is 12.2 Å². The molecule has 0 saturated carbocycles. The Bertz CT molecular complexity index is 279. The van der Waals surface area contributed by atoms with Gasteiger partial charge in [0.25, 0.3) is 5.91 Å². The number of rotatable bonds is 3. The van der Waals surface area contributed by atoms with Gasteiger partial charge in [0, 0.05) is 25.1 Å². The highest BCUT2D eigenvalue weighted by molar-refractivity contribution is 6.02. The van der Waals surface area contributed by atoms with Crippen LogP contribution in [0.5, 0.6) is 0 Å². The third kappa shape index (κ3) is 2.83. The van der Waals surface area contributed by atoms with E-state index in [0.717, 1.165) is 0 Å². The van der Waals surface area contributed by atoms with Crippen molar-refractivity contribution in [3.05, 3.63) is 23.8 Å². The average molecular weight is 180 g/mol. The van der Waals surface area contributed by atoms with E-state index >= 15 is 0 Å². The lowest BCUT2D eigenvalue weighted by Crippen LogP contribution is -2.30. The molecular formula is C9H12N2O2. The molecule has 1 rings (SSSR count). The molecule has 0 bridgehead atoms. The van der Waals surface area contributed by atoms with Crippen LogP contribution < -0.4 is 11.1 Å². The summed E-state index contributed by atoms with van der Waals surface area (Å²) in [6, 6.07) is 0. The van der Waals surface area contributed by atoms with E-state index in [1.54, 1.807) is 6.08 Å². The number of hydrogen-bond acceptors (Lipinski definition) is 3. The van der Waals surface area contributed by atoms with Crippen LogP contribution in [0.4, 0.5) is 0 Å². The monoisotopic (exact) mass is 180 g/mol. The Kier molecular flexibility index (Phi) is 3.40. The van der Waals surface area contributed by atoms with Crippen LogP contribution in [0.25, 0.3) is 0 Å². The Morgan fingerprint density at radius 1 is 1.54 bits per heavy atom. The highest BCUT2D eigenvalue weighted by Crippen LogP contribution is 2.06. The highest BCUT2D eigenvalue weighted by Gasteiger charge is 2.09. The Labute approximate surface area is 76.5 Å². The van der Waals surface area contributed by atoms with Crippen molar-refractivity contribution in [1.82, 2.24) is 5.32 Å². The molecule has 4 nitrogen and oxygen atoms in total. The van der Waals surface area contributed by atoms with Gasteiger partial charge in [0.15, 0.2) is 5.78 Å². The Morgan fingerprint density at radius 3 is 2.85 bits per heavy atom. The first-order valence-electron chi connectivity index (χ1n) is 4.13. The van der Waals surface area contributed by atoms with Crippen molar-refractivity contribution in [2.75, 3.05) is 13.1 Å². The summed E-state index contributed by atoms with van der Waals surface area (Å²) in [5.41, 5.74) is 5.76. The maximum absolute atomic E-state index is 11.3. The van der Waals surface area contributed by atoms with Gasteiger partial charge in [-0.15, -0.1) is 0 Å². The van der Waals surface area contributed by atoms with E-state index in [4.69, 9.17) is 5.73 Å². The van der Waals surface area contributed by atoms with E-state index in [0.29, 0.717) is 25.1 Å². The summed E-state index contributed by atoms with van der Waals surface area (Å²) in [5.74, 6) is -0.149. The van der Waals surface area contributed by atoms with Gasteiger partial charge in [-0.3, -0.25) is 9.59 Å². The summed E-state index contributed by atoms with van der Waals surface area (Å²) >= 11 is 0. The molecule has 0 fully saturated rings. The summed E-state index contributed by atoms with van der Waals surface area (Å²) in [6.07, 6.45) is 4.87. The van der Waals surface area contributed by atoms with Crippen LogP contribution in [-0.2, 0) is 9.59 Å². The standard InChI is InChI=1S/C9H12N2O2/c10-5-6-11-9(13)7-1-3-8(12)4-2-7/h1-3H,4-6,10H2,(H,11,13). The van der Waals surface area contributed by atoms with E-state index in [2.05, 4.69) is 5.32 Å². The predicted octanol–water partition coefficient (Wildman–Crippen LogP) is -0.483. The van der Waals surface area contributed by atoms with E-state index in [1.165, 1.54) is 12.2 Å². The van der Waals surface area contributed by atoms with Crippen molar-refractivity contribution in [3.8, 4) is 0 Å². The molecule has 0 aromatic rings. The molecule has 70 valence electrons. The first kappa shape index (κ1) is 9.67. The molecule has 1 aliphatic carbocycles. The second-order valence-corrected chi connectivity index (χ2v) is 2.71. The van der Waals surface area contributed by atoms with Crippen molar-refractivity contribution in [1.29, 1.82) is 0 Å². The molecule has 0 heterocycles. The fourth-order valence-electron chi connectivity index (χ4n) is 0.986.